The van der Waals surface area contributed by atoms with E-state index in [2.05, 4.69) is 16.0 Å². The van der Waals surface area contributed by atoms with Gasteiger partial charge in [0.05, 0.1) is 12.2 Å². The third-order valence-corrected chi connectivity index (χ3v) is 2.87. The van der Waals surface area contributed by atoms with Gasteiger partial charge in [-0.1, -0.05) is 17.7 Å². The van der Waals surface area contributed by atoms with Crippen molar-refractivity contribution >= 4 is 5.97 Å². The lowest BCUT2D eigenvalue weighted by Crippen LogP contribution is -2.07. The molecule has 0 saturated carbocycles. The van der Waals surface area contributed by atoms with Crippen LogP contribution in [0.1, 0.15) is 27.3 Å². The van der Waals surface area contributed by atoms with E-state index in [1.807, 2.05) is 26.0 Å². The van der Waals surface area contributed by atoms with Crippen LogP contribution in [0.2, 0.25) is 0 Å². The molecule has 0 bridgehead atoms. The summed E-state index contributed by atoms with van der Waals surface area (Å²) in [5.74, 6) is 0.389. The second-order valence-electron chi connectivity index (χ2n) is 4.56. The smallest absolute Gasteiger partial charge is 0.338 e. The Kier molecular flexibility index (Phi) is 4.30. The number of aromatic carboxylic acids is 1. The van der Waals surface area contributed by atoms with Crippen LogP contribution in [0.15, 0.2) is 30.6 Å². The first kappa shape index (κ1) is 14.0. The number of benzene rings is 1. The molecule has 0 amide bonds. The van der Waals surface area contributed by atoms with Gasteiger partial charge in [-0.05, 0) is 25.5 Å². The SMILES string of the molecule is Cc1ccc(OCCc2ncc(C(=O)O)cn2)c(C)c1. The molecule has 2 rings (SSSR count). The molecule has 0 unspecified atom stereocenters. The number of carboxylic acids is 1. The van der Waals surface area contributed by atoms with Gasteiger partial charge in [0, 0.05) is 18.8 Å². The normalized spacial score (nSPS) is 10.3. The lowest BCUT2D eigenvalue weighted by atomic mass is 10.1. The van der Waals surface area contributed by atoms with E-state index in [0.717, 1.165) is 11.3 Å². The predicted molar refractivity (Wildman–Crippen MR) is 74.1 cm³/mol. The number of aromatic nitrogens is 2. The second-order valence-corrected chi connectivity index (χ2v) is 4.56. The molecule has 0 aliphatic carbocycles. The number of hydrogen-bond donors (Lipinski definition) is 1. The van der Waals surface area contributed by atoms with Crippen LogP contribution < -0.4 is 4.74 Å². The average Bonchev–Trinajstić information content (AvgIpc) is 2.42. The minimum absolute atomic E-state index is 0.0871. The molecule has 1 N–H and O–H groups in total. The molecule has 2 aromatic rings. The van der Waals surface area contributed by atoms with E-state index in [1.54, 1.807) is 0 Å². The zero-order valence-corrected chi connectivity index (χ0v) is 11.5. The number of nitrogens with zero attached hydrogens (tertiary/aromatic N) is 2. The highest BCUT2D eigenvalue weighted by molar-refractivity contribution is 5.86. The summed E-state index contributed by atoms with van der Waals surface area (Å²) in [6.45, 7) is 4.49. The zero-order chi connectivity index (χ0) is 14.5. The Morgan fingerprint density at radius 3 is 2.55 bits per heavy atom. The van der Waals surface area contributed by atoms with Crippen LogP contribution in [0.3, 0.4) is 0 Å². The van der Waals surface area contributed by atoms with Gasteiger partial charge in [0.25, 0.3) is 0 Å². The molecule has 0 atom stereocenters. The topological polar surface area (TPSA) is 72.3 Å². The molecule has 1 aromatic carbocycles. The van der Waals surface area contributed by atoms with Crippen LogP contribution in [-0.2, 0) is 6.42 Å². The molecule has 1 heterocycles. The standard InChI is InChI=1S/C15H16N2O3/c1-10-3-4-13(11(2)7-10)20-6-5-14-16-8-12(9-17-14)15(18)19/h3-4,7-9H,5-6H2,1-2H3,(H,18,19). The lowest BCUT2D eigenvalue weighted by molar-refractivity contribution is 0.0696. The summed E-state index contributed by atoms with van der Waals surface area (Å²) >= 11 is 0. The quantitative estimate of drug-likeness (QED) is 0.905. The number of carboxylic acid groups (broad SMARTS) is 1. The highest BCUT2D eigenvalue weighted by Crippen LogP contribution is 2.18. The molecule has 0 fully saturated rings. The van der Waals surface area contributed by atoms with Gasteiger partial charge in [-0.25, -0.2) is 14.8 Å². The predicted octanol–water partition coefficient (Wildman–Crippen LogP) is 2.41. The molecule has 0 saturated heterocycles. The number of aryl methyl sites for hydroxylation is 2. The van der Waals surface area contributed by atoms with E-state index in [-0.39, 0.29) is 5.56 Å². The molecule has 104 valence electrons. The number of rotatable bonds is 5. The summed E-state index contributed by atoms with van der Waals surface area (Å²) in [4.78, 5) is 18.7. The summed E-state index contributed by atoms with van der Waals surface area (Å²) < 4.78 is 5.68. The molecule has 5 heteroatoms. The molecule has 20 heavy (non-hydrogen) atoms. The van der Waals surface area contributed by atoms with E-state index in [4.69, 9.17) is 9.84 Å². The van der Waals surface area contributed by atoms with Gasteiger partial charge in [-0.3, -0.25) is 0 Å². The second kappa shape index (κ2) is 6.14. The Balaban J connectivity index is 1.91. The Bertz CT molecular complexity index is 609. The molecule has 0 aliphatic rings. The highest BCUT2D eigenvalue weighted by Gasteiger charge is 2.05. The van der Waals surface area contributed by atoms with Crippen molar-refractivity contribution in [2.75, 3.05) is 6.61 Å². The molecule has 0 radical (unpaired) electrons. The first-order chi connectivity index (χ1) is 9.56. The van der Waals surface area contributed by atoms with Gasteiger partial charge >= 0.3 is 5.97 Å². The molecular formula is C15H16N2O3. The summed E-state index contributed by atoms with van der Waals surface area (Å²) in [7, 11) is 0. The zero-order valence-electron chi connectivity index (χ0n) is 11.5. The Hall–Kier alpha value is -2.43. The van der Waals surface area contributed by atoms with Gasteiger partial charge in [0.1, 0.15) is 11.6 Å². The average molecular weight is 272 g/mol. The minimum atomic E-state index is -1.02. The van der Waals surface area contributed by atoms with E-state index in [9.17, 15) is 4.79 Å². The summed E-state index contributed by atoms with van der Waals surface area (Å²) in [6, 6.07) is 6.01. The van der Waals surface area contributed by atoms with Crippen molar-refractivity contribution in [1.29, 1.82) is 0 Å². The molecule has 0 spiro atoms. The van der Waals surface area contributed by atoms with Crippen LogP contribution in [0.5, 0.6) is 5.75 Å². The first-order valence-corrected chi connectivity index (χ1v) is 6.30. The highest BCUT2D eigenvalue weighted by atomic mass is 16.5. The van der Waals surface area contributed by atoms with Crippen molar-refractivity contribution in [1.82, 2.24) is 9.97 Å². The molecule has 5 nitrogen and oxygen atoms in total. The third kappa shape index (κ3) is 3.54. The first-order valence-electron chi connectivity index (χ1n) is 6.30. The van der Waals surface area contributed by atoms with E-state index in [1.165, 1.54) is 18.0 Å². The van der Waals surface area contributed by atoms with Crippen molar-refractivity contribution < 1.29 is 14.6 Å². The maximum Gasteiger partial charge on any atom is 0.338 e. The van der Waals surface area contributed by atoms with Crippen LogP contribution in [-0.4, -0.2) is 27.7 Å². The molecule has 0 aliphatic heterocycles. The number of hydrogen-bond acceptors (Lipinski definition) is 4. The Labute approximate surface area is 117 Å². The van der Waals surface area contributed by atoms with Gasteiger partial charge in [-0.2, -0.15) is 0 Å². The summed E-state index contributed by atoms with van der Waals surface area (Å²) in [5, 5.41) is 8.75. The fourth-order valence-corrected chi connectivity index (χ4v) is 1.81. The van der Waals surface area contributed by atoms with Crippen molar-refractivity contribution in [2.45, 2.75) is 20.3 Å². The number of ether oxygens (including phenoxy) is 1. The molecular weight excluding hydrogens is 256 g/mol. The van der Waals surface area contributed by atoms with Crippen molar-refractivity contribution in [3.8, 4) is 5.75 Å². The largest absolute Gasteiger partial charge is 0.493 e. The fourth-order valence-electron chi connectivity index (χ4n) is 1.81. The van der Waals surface area contributed by atoms with Crippen LogP contribution in [0.25, 0.3) is 0 Å². The summed E-state index contributed by atoms with van der Waals surface area (Å²) in [6.07, 6.45) is 3.15. The maximum absolute atomic E-state index is 10.7. The van der Waals surface area contributed by atoms with Crippen LogP contribution in [0.4, 0.5) is 0 Å². The van der Waals surface area contributed by atoms with Crippen molar-refractivity contribution in [3.05, 3.63) is 53.1 Å². The van der Waals surface area contributed by atoms with Gasteiger partial charge < -0.3 is 9.84 Å². The van der Waals surface area contributed by atoms with Crippen LogP contribution in [0, 0.1) is 13.8 Å². The minimum Gasteiger partial charge on any atom is -0.493 e. The Morgan fingerprint density at radius 2 is 1.95 bits per heavy atom. The van der Waals surface area contributed by atoms with Crippen molar-refractivity contribution in [2.24, 2.45) is 0 Å². The van der Waals surface area contributed by atoms with Gasteiger partial charge in [0.15, 0.2) is 0 Å². The molecule has 1 aromatic heterocycles. The maximum atomic E-state index is 10.7. The van der Waals surface area contributed by atoms with E-state index < -0.39 is 5.97 Å². The number of carbonyl (C=O) groups is 1. The van der Waals surface area contributed by atoms with Gasteiger partial charge in [0.2, 0.25) is 0 Å². The fraction of sp³-hybridized carbons (Fsp3) is 0.267. The Morgan fingerprint density at radius 1 is 1.25 bits per heavy atom. The van der Waals surface area contributed by atoms with Crippen molar-refractivity contribution in [3.63, 3.8) is 0 Å². The van der Waals surface area contributed by atoms with Gasteiger partial charge in [-0.15, -0.1) is 0 Å². The van der Waals surface area contributed by atoms with E-state index in [0.29, 0.717) is 18.9 Å². The summed E-state index contributed by atoms with van der Waals surface area (Å²) in [5.41, 5.74) is 2.37. The van der Waals surface area contributed by atoms with E-state index >= 15 is 0 Å². The lowest BCUT2D eigenvalue weighted by Gasteiger charge is -2.09. The van der Waals surface area contributed by atoms with Crippen LogP contribution >= 0.6 is 0 Å². The monoisotopic (exact) mass is 272 g/mol. The third-order valence-electron chi connectivity index (χ3n) is 2.87.